The molecule has 2 aromatic carbocycles. The summed E-state index contributed by atoms with van der Waals surface area (Å²) in [5, 5.41) is 6.63. The van der Waals surface area contributed by atoms with E-state index in [0.717, 1.165) is 81.3 Å². The molecule has 8 nitrogen and oxygen atoms in total. The molecular formula is C41H56N2O6S. The fourth-order valence-corrected chi connectivity index (χ4v) is 9.26. The molecule has 2 fully saturated rings. The number of amides is 2. The van der Waals surface area contributed by atoms with Crippen molar-refractivity contribution in [2.45, 2.75) is 114 Å². The Labute approximate surface area is 302 Å². The number of hydrogen-bond acceptors (Lipinski definition) is 7. The molecule has 50 heavy (non-hydrogen) atoms. The Hall–Kier alpha value is -3.17. The minimum absolute atomic E-state index is 0.109. The number of Topliss-reactive ketones (excluding diaryl/α,β-unsaturated/α-hetero) is 2. The second-order valence-corrected chi connectivity index (χ2v) is 15.6. The fourth-order valence-electron chi connectivity index (χ4n) is 7.61. The maximum absolute atomic E-state index is 13.0. The largest absolute Gasteiger partial charge is 0.491 e. The minimum Gasteiger partial charge on any atom is -0.491 e. The molecule has 2 heterocycles. The molecule has 0 aromatic heterocycles. The van der Waals surface area contributed by atoms with Gasteiger partial charge < -0.3 is 20.1 Å². The summed E-state index contributed by atoms with van der Waals surface area (Å²) >= 11 is 1.97. The van der Waals surface area contributed by atoms with Crippen molar-refractivity contribution >= 4 is 35.1 Å². The van der Waals surface area contributed by atoms with Crippen LogP contribution in [-0.2, 0) is 32.0 Å². The molecule has 2 aliphatic heterocycles. The average molecular weight is 705 g/mol. The molecule has 2 aromatic rings. The SMILES string of the molecule is O=C(CCCCCNC(=O)CCCC[C@@H]1SC[C@@H]2NC(=O)C[C@@H]21)CCCOCCOc1ccc(C(=O)C[C@H]2CCCc3ccccc3C2)cc1. The van der Waals surface area contributed by atoms with Gasteiger partial charge in [-0.1, -0.05) is 37.1 Å². The molecule has 2 N–H and O–H groups in total. The second kappa shape index (κ2) is 20.6. The van der Waals surface area contributed by atoms with E-state index in [1.54, 1.807) is 0 Å². The van der Waals surface area contributed by atoms with Crippen LogP contribution in [0.15, 0.2) is 48.5 Å². The molecule has 272 valence electrons. The standard InChI is InChI=1S/C41H56N2O6S/c44-34(14-2-1-7-22-42-40(46)17-6-5-16-39-36-28-41(47)43-37(36)29-50-39)15-9-23-48-24-25-49-35-20-18-32(19-21-35)38(45)27-30-10-8-13-31-11-3-4-12-33(31)26-30/h3-4,11-12,18-21,30,36-37,39H,1-2,5-10,13-17,22-29H2,(H,42,46)(H,43,47)/t30-,36-,37-,39-/m0/s1. The molecule has 4 atom stereocenters. The lowest BCUT2D eigenvalue weighted by atomic mass is 9.90. The van der Waals surface area contributed by atoms with Crippen molar-refractivity contribution < 1.29 is 28.7 Å². The van der Waals surface area contributed by atoms with Crippen molar-refractivity contribution in [3.05, 3.63) is 65.2 Å². The number of unbranched alkanes of at least 4 members (excludes halogenated alkanes) is 3. The molecule has 0 spiro atoms. The highest BCUT2D eigenvalue weighted by atomic mass is 32.2. The van der Waals surface area contributed by atoms with Gasteiger partial charge in [0.05, 0.1) is 6.61 Å². The van der Waals surface area contributed by atoms with Crippen LogP contribution in [0.3, 0.4) is 0 Å². The first kappa shape index (κ1) is 38.1. The number of rotatable bonds is 22. The van der Waals surface area contributed by atoms with E-state index in [1.807, 2.05) is 36.0 Å². The quantitative estimate of drug-likeness (QED) is 0.0768. The van der Waals surface area contributed by atoms with Gasteiger partial charge in [0, 0.05) is 73.8 Å². The Balaban J connectivity index is 0.805. The lowest BCUT2D eigenvalue weighted by molar-refractivity contribution is -0.121. The molecule has 0 saturated carbocycles. The molecule has 0 radical (unpaired) electrons. The summed E-state index contributed by atoms with van der Waals surface area (Å²) in [6.45, 7) is 2.06. The second-order valence-electron chi connectivity index (χ2n) is 14.3. The van der Waals surface area contributed by atoms with Gasteiger partial charge in [0.1, 0.15) is 18.1 Å². The number of benzene rings is 2. The normalized spacial score (nSPS) is 21.2. The summed E-state index contributed by atoms with van der Waals surface area (Å²) in [5.41, 5.74) is 3.56. The number of nitrogens with one attached hydrogen (secondary N) is 2. The van der Waals surface area contributed by atoms with Crippen molar-refractivity contribution in [1.29, 1.82) is 0 Å². The molecule has 3 aliphatic rings. The maximum Gasteiger partial charge on any atom is 0.220 e. The number of ether oxygens (including phenoxy) is 2. The van der Waals surface area contributed by atoms with E-state index in [4.69, 9.17) is 9.47 Å². The number of fused-ring (bicyclic) bond motifs is 2. The third-order valence-electron chi connectivity index (χ3n) is 10.4. The van der Waals surface area contributed by atoms with Crippen LogP contribution < -0.4 is 15.4 Å². The molecular weight excluding hydrogens is 649 g/mol. The highest BCUT2D eigenvalue weighted by molar-refractivity contribution is 8.00. The van der Waals surface area contributed by atoms with Gasteiger partial charge in [-0.3, -0.25) is 19.2 Å². The molecule has 5 rings (SSSR count). The van der Waals surface area contributed by atoms with E-state index in [2.05, 4.69) is 34.9 Å². The molecule has 0 unspecified atom stereocenters. The van der Waals surface area contributed by atoms with Crippen LogP contribution >= 0.6 is 11.8 Å². The minimum atomic E-state index is 0.109. The zero-order valence-electron chi connectivity index (χ0n) is 29.6. The third kappa shape index (κ3) is 12.6. The van der Waals surface area contributed by atoms with Gasteiger partial charge in [-0.15, -0.1) is 0 Å². The topological polar surface area (TPSA) is 111 Å². The first-order valence-corrected chi connectivity index (χ1v) is 20.1. The van der Waals surface area contributed by atoms with Crippen LogP contribution in [0.5, 0.6) is 5.75 Å². The van der Waals surface area contributed by atoms with Crippen LogP contribution in [-0.4, -0.2) is 66.8 Å². The smallest absolute Gasteiger partial charge is 0.220 e. The summed E-state index contributed by atoms with van der Waals surface area (Å²) < 4.78 is 11.5. The Kier molecular flexibility index (Phi) is 15.7. The highest BCUT2D eigenvalue weighted by Gasteiger charge is 2.42. The van der Waals surface area contributed by atoms with Crippen LogP contribution in [0.2, 0.25) is 0 Å². The summed E-state index contributed by atoms with van der Waals surface area (Å²) in [7, 11) is 0. The monoisotopic (exact) mass is 704 g/mol. The predicted molar refractivity (Wildman–Crippen MR) is 199 cm³/mol. The number of aryl methyl sites for hydroxylation is 1. The van der Waals surface area contributed by atoms with Crippen LogP contribution in [0.25, 0.3) is 0 Å². The summed E-state index contributed by atoms with van der Waals surface area (Å²) in [6.07, 6.45) is 13.6. The van der Waals surface area contributed by atoms with Crippen molar-refractivity contribution in [3.8, 4) is 5.75 Å². The molecule has 1 aliphatic carbocycles. The van der Waals surface area contributed by atoms with E-state index in [1.165, 1.54) is 11.1 Å². The third-order valence-corrected chi connectivity index (χ3v) is 12.0. The Morgan fingerprint density at radius 1 is 0.840 bits per heavy atom. The van der Waals surface area contributed by atoms with E-state index < -0.39 is 0 Å². The van der Waals surface area contributed by atoms with Gasteiger partial charge in [0.2, 0.25) is 11.8 Å². The van der Waals surface area contributed by atoms with Gasteiger partial charge in [0.15, 0.2) is 5.78 Å². The summed E-state index contributed by atoms with van der Waals surface area (Å²) in [5.74, 6) is 3.37. The van der Waals surface area contributed by atoms with Crippen LogP contribution in [0, 0.1) is 11.8 Å². The Morgan fingerprint density at radius 2 is 1.64 bits per heavy atom. The van der Waals surface area contributed by atoms with Crippen molar-refractivity contribution in [1.82, 2.24) is 10.6 Å². The van der Waals surface area contributed by atoms with Crippen molar-refractivity contribution in [2.24, 2.45) is 11.8 Å². The fraction of sp³-hybridized carbons (Fsp3) is 0.610. The zero-order valence-corrected chi connectivity index (χ0v) is 30.5. The van der Waals surface area contributed by atoms with Crippen LogP contribution in [0.1, 0.15) is 111 Å². The highest BCUT2D eigenvalue weighted by Crippen LogP contribution is 2.40. The maximum atomic E-state index is 13.0. The number of carbonyl (C=O) groups is 4. The lowest BCUT2D eigenvalue weighted by Crippen LogP contribution is -2.29. The van der Waals surface area contributed by atoms with Crippen molar-refractivity contribution in [2.75, 3.05) is 32.1 Å². The summed E-state index contributed by atoms with van der Waals surface area (Å²) in [4.78, 5) is 49.0. The molecule has 2 amide bonds. The Morgan fingerprint density at radius 3 is 2.50 bits per heavy atom. The number of ketones is 2. The lowest BCUT2D eigenvalue weighted by Gasteiger charge is -2.15. The summed E-state index contributed by atoms with van der Waals surface area (Å²) in [6, 6.07) is 16.4. The molecule has 9 heteroatoms. The van der Waals surface area contributed by atoms with Gasteiger partial charge in [-0.25, -0.2) is 0 Å². The zero-order chi connectivity index (χ0) is 35.0. The molecule has 2 saturated heterocycles. The van der Waals surface area contributed by atoms with E-state index in [9.17, 15) is 19.2 Å². The number of hydrogen-bond donors (Lipinski definition) is 2. The van der Waals surface area contributed by atoms with Gasteiger partial charge in [-0.2, -0.15) is 11.8 Å². The average Bonchev–Trinajstić information content (AvgIpc) is 3.59. The Bertz CT molecular complexity index is 1400. The molecule has 0 bridgehead atoms. The van der Waals surface area contributed by atoms with E-state index in [-0.39, 0.29) is 23.4 Å². The first-order chi connectivity index (χ1) is 24.4. The van der Waals surface area contributed by atoms with E-state index >= 15 is 0 Å². The van der Waals surface area contributed by atoms with Crippen molar-refractivity contribution in [3.63, 3.8) is 0 Å². The van der Waals surface area contributed by atoms with Gasteiger partial charge >= 0.3 is 0 Å². The first-order valence-electron chi connectivity index (χ1n) is 19.0. The number of thioether (sulfide) groups is 1. The van der Waals surface area contributed by atoms with Crippen LogP contribution in [0.4, 0.5) is 0 Å². The van der Waals surface area contributed by atoms with Gasteiger partial charge in [0.25, 0.3) is 0 Å². The number of carbonyl (C=O) groups excluding carboxylic acids is 4. The van der Waals surface area contributed by atoms with E-state index in [0.29, 0.717) is 88.0 Å². The van der Waals surface area contributed by atoms with Gasteiger partial charge in [-0.05, 0) is 99.1 Å². The predicted octanol–water partition coefficient (Wildman–Crippen LogP) is 7.06.